The number of hydrogen-bond acceptors (Lipinski definition) is 4. The van der Waals surface area contributed by atoms with E-state index in [1.807, 2.05) is 13.8 Å². The fraction of sp³-hybridized carbons (Fsp3) is 0.643. The van der Waals surface area contributed by atoms with Gasteiger partial charge in [-0.2, -0.15) is 0 Å². The van der Waals surface area contributed by atoms with Crippen LogP contribution in [0.15, 0.2) is 6.20 Å². The van der Waals surface area contributed by atoms with Gasteiger partial charge >= 0.3 is 0 Å². The van der Waals surface area contributed by atoms with Crippen molar-refractivity contribution < 1.29 is 4.79 Å². The maximum Gasteiger partial charge on any atom is 0.272 e. The summed E-state index contributed by atoms with van der Waals surface area (Å²) in [5, 5.41) is 2.92. The smallest absolute Gasteiger partial charge is 0.272 e. The summed E-state index contributed by atoms with van der Waals surface area (Å²) in [6.45, 7) is 6.83. The van der Waals surface area contributed by atoms with Crippen molar-refractivity contribution in [1.29, 1.82) is 0 Å². The summed E-state index contributed by atoms with van der Waals surface area (Å²) in [7, 11) is 0. The summed E-state index contributed by atoms with van der Waals surface area (Å²) >= 11 is 0. The number of nitrogens with zero attached hydrogens (tertiary/aromatic N) is 2. The lowest BCUT2D eigenvalue weighted by atomic mass is 10.1. The molecule has 1 atom stereocenters. The van der Waals surface area contributed by atoms with Crippen molar-refractivity contribution in [3.05, 3.63) is 17.7 Å². The minimum absolute atomic E-state index is 0.178. The third-order valence-electron chi connectivity index (χ3n) is 3.58. The Kier molecular flexibility index (Phi) is 4.02. The molecular formula is C14H22N4O. The monoisotopic (exact) mass is 262 g/mol. The molecule has 1 unspecified atom stereocenters. The van der Waals surface area contributed by atoms with E-state index < -0.39 is 0 Å². The topological polar surface area (TPSA) is 80.9 Å². The van der Waals surface area contributed by atoms with E-state index >= 15 is 0 Å². The molecule has 5 heteroatoms. The second-order valence-corrected chi connectivity index (χ2v) is 5.71. The summed E-state index contributed by atoms with van der Waals surface area (Å²) in [4.78, 5) is 20.5. The van der Waals surface area contributed by atoms with Crippen molar-refractivity contribution in [2.75, 3.05) is 12.3 Å². The Balaban J connectivity index is 2.02. The number of hydrogen-bond donors (Lipinski definition) is 2. The molecule has 0 spiro atoms. The average molecular weight is 262 g/mol. The minimum Gasteiger partial charge on any atom is -0.396 e. The maximum absolute atomic E-state index is 12.1. The Hall–Kier alpha value is -1.65. The van der Waals surface area contributed by atoms with Gasteiger partial charge in [-0.3, -0.25) is 4.79 Å². The number of nitrogens with one attached hydrogen (secondary N) is 1. The Bertz CT molecular complexity index is 469. The van der Waals surface area contributed by atoms with Gasteiger partial charge in [0.25, 0.3) is 5.91 Å². The number of carbonyl (C=O) groups is 1. The number of rotatable bonds is 5. The van der Waals surface area contributed by atoms with E-state index in [1.54, 1.807) is 0 Å². The number of anilines is 1. The van der Waals surface area contributed by atoms with Crippen LogP contribution in [0, 0.1) is 11.8 Å². The first kappa shape index (κ1) is 13.8. The van der Waals surface area contributed by atoms with Crippen LogP contribution in [0.2, 0.25) is 0 Å². The van der Waals surface area contributed by atoms with Crippen LogP contribution < -0.4 is 11.1 Å². The first-order valence-corrected chi connectivity index (χ1v) is 6.89. The second-order valence-electron chi connectivity index (χ2n) is 5.71. The normalized spacial score (nSPS) is 16.4. The molecule has 1 saturated carbocycles. The molecule has 3 N–H and O–H groups in total. The van der Waals surface area contributed by atoms with Crippen LogP contribution in [0.3, 0.4) is 0 Å². The lowest BCUT2D eigenvalue weighted by Gasteiger charge is -2.13. The highest BCUT2D eigenvalue weighted by atomic mass is 16.1. The minimum atomic E-state index is -0.200. The number of amides is 1. The van der Waals surface area contributed by atoms with Crippen molar-refractivity contribution in [3.63, 3.8) is 0 Å². The molecule has 1 amide bonds. The van der Waals surface area contributed by atoms with E-state index in [1.165, 1.54) is 19.0 Å². The molecule has 1 aromatic rings. The van der Waals surface area contributed by atoms with Gasteiger partial charge in [-0.25, -0.2) is 9.97 Å². The molecule has 1 heterocycles. The van der Waals surface area contributed by atoms with Crippen LogP contribution in [0.4, 0.5) is 5.69 Å². The maximum atomic E-state index is 12.1. The highest BCUT2D eigenvalue weighted by molar-refractivity contribution is 5.96. The highest BCUT2D eigenvalue weighted by Crippen LogP contribution is 2.36. The van der Waals surface area contributed by atoms with Gasteiger partial charge < -0.3 is 11.1 Å². The lowest BCUT2D eigenvalue weighted by molar-refractivity contribution is 0.0942. The summed E-state index contributed by atoms with van der Waals surface area (Å²) in [5.41, 5.74) is 6.41. The van der Waals surface area contributed by atoms with Gasteiger partial charge in [0.1, 0.15) is 5.82 Å². The molecule has 104 valence electrons. The van der Waals surface area contributed by atoms with Crippen molar-refractivity contribution in [2.45, 2.75) is 39.5 Å². The molecule has 0 aliphatic heterocycles. The highest BCUT2D eigenvalue weighted by Gasteiger charge is 2.28. The van der Waals surface area contributed by atoms with E-state index in [4.69, 9.17) is 5.73 Å². The van der Waals surface area contributed by atoms with Gasteiger partial charge in [-0.15, -0.1) is 0 Å². The Morgan fingerprint density at radius 2 is 2.16 bits per heavy atom. The molecule has 0 aromatic carbocycles. The van der Waals surface area contributed by atoms with Gasteiger partial charge in [-0.1, -0.05) is 20.8 Å². The third-order valence-corrected chi connectivity index (χ3v) is 3.58. The van der Waals surface area contributed by atoms with Crippen LogP contribution in [0.5, 0.6) is 0 Å². The van der Waals surface area contributed by atoms with Crippen LogP contribution in [0.1, 0.15) is 55.8 Å². The predicted octanol–water partition coefficient (Wildman–Crippen LogP) is 1.96. The standard InChI is InChI=1S/C14H22N4O/c1-8(2)13-16-7-11(15)12(18-13)14(19)17-6-9(3)10-4-5-10/h7-10H,4-6,15H2,1-3H3,(H,17,19). The van der Waals surface area contributed by atoms with Crippen molar-refractivity contribution in [1.82, 2.24) is 15.3 Å². The number of nitrogen functional groups attached to an aromatic ring is 1. The number of carbonyl (C=O) groups excluding carboxylic acids is 1. The third kappa shape index (κ3) is 3.43. The fourth-order valence-electron chi connectivity index (χ4n) is 2.03. The Labute approximate surface area is 114 Å². The van der Waals surface area contributed by atoms with Gasteiger partial charge in [0, 0.05) is 12.5 Å². The molecule has 0 bridgehead atoms. The van der Waals surface area contributed by atoms with Crippen LogP contribution >= 0.6 is 0 Å². The zero-order valence-corrected chi connectivity index (χ0v) is 11.8. The van der Waals surface area contributed by atoms with Crippen molar-refractivity contribution in [3.8, 4) is 0 Å². The molecular weight excluding hydrogens is 240 g/mol. The molecule has 1 aromatic heterocycles. The van der Waals surface area contributed by atoms with E-state index in [0.717, 1.165) is 5.92 Å². The summed E-state index contributed by atoms with van der Waals surface area (Å²) < 4.78 is 0. The first-order chi connectivity index (χ1) is 8.99. The largest absolute Gasteiger partial charge is 0.396 e. The Morgan fingerprint density at radius 3 is 2.74 bits per heavy atom. The van der Waals surface area contributed by atoms with Gasteiger partial charge in [0.05, 0.1) is 11.9 Å². The van der Waals surface area contributed by atoms with E-state index in [9.17, 15) is 4.79 Å². The van der Waals surface area contributed by atoms with E-state index in [0.29, 0.717) is 29.7 Å². The zero-order valence-electron chi connectivity index (χ0n) is 11.8. The summed E-state index contributed by atoms with van der Waals surface area (Å²) in [6, 6.07) is 0. The molecule has 5 nitrogen and oxygen atoms in total. The summed E-state index contributed by atoms with van der Waals surface area (Å²) in [6.07, 6.45) is 4.08. The molecule has 2 rings (SSSR count). The van der Waals surface area contributed by atoms with Crippen LogP contribution in [-0.4, -0.2) is 22.4 Å². The fourth-order valence-corrected chi connectivity index (χ4v) is 2.03. The lowest BCUT2D eigenvalue weighted by Crippen LogP contribution is -2.30. The quantitative estimate of drug-likeness (QED) is 0.850. The van der Waals surface area contributed by atoms with Crippen LogP contribution in [0.25, 0.3) is 0 Å². The zero-order chi connectivity index (χ0) is 14.0. The molecule has 0 saturated heterocycles. The van der Waals surface area contributed by atoms with Crippen molar-refractivity contribution >= 4 is 11.6 Å². The van der Waals surface area contributed by atoms with Gasteiger partial charge in [-0.05, 0) is 24.7 Å². The molecule has 1 aliphatic carbocycles. The second kappa shape index (κ2) is 5.55. The van der Waals surface area contributed by atoms with E-state index in [-0.39, 0.29) is 11.8 Å². The summed E-state index contributed by atoms with van der Waals surface area (Å²) in [5.74, 6) is 1.92. The predicted molar refractivity (Wildman–Crippen MR) is 74.8 cm³/mol. The van der Waals surface area contributed by atoms with Gasteiger partial charge in [0.15, 0.2) is 5.69 Å². The van der Waals surface area contributed by atoms with E-state index in [2.05, 4.69) is 22.2 Å². The van der Waals surface area contributed by atoms with Crippen LogP contribution in [-0.2, 0) is 0 Å². The molecule has 0 radical (unpaired) electrons. The SMILES string of the molecule is CC(C)c1ncc(N)c(C(=O)NCC(C)C2CC2)n1. The number of nitrogens with two attached hydrogens (primary N) is 1. The number of aromatic nitrogens is 2. The molecule has 1 aliphatic rings. The Morgan fingerprint density at radius 1 is 1.47 bits per heavy atom. The molecule has 19 heavy (non-hydrogen) atoms. The van der Waals surface area contributed by atoms with Crippen molar-refractivity contribution in [2.24, 2.45) is 11.8 Å². The average Bonchev–Trinajstić information content (AvgIpc) is 3.20. The first-order valence-electron chi connectivity index (χ1n) is 6.89. The molecule has 1 fully saturated rings. The van der Waals surface area contributed by atoms with Gasteiger partial charge in [0.2, 0.25) is 0 Å².